The molecule has 0 saturated carbocycles. The Morgan fingerprint density at radius 3 is 2.72 bits per heavy atom. The van der Waals surface area contributed by atoms with E-state index < -0.39 is 0 Å². The maximum absolute atomic E-state index is 13.3. The molecule has 0 fully saturated rings. The molecular weight excluding hydrogens is 406 g/mol. The zero-order valence-electron chi connectivity index (χ0n) is 18.1. The number of imidazole rings is 1. The van der Waals surface area contributed by atoms with Gasteiger partial charge in [-0.3, -0.25) is 24.1 Å². The van der Waals surface area contributed by atoms with Gasteiger partial charge in [-0.15, -0.1) is 0 Å². The zero-order chi connectivity index (χ0) is 22.6. The minimum Gasteiger partial charge on any atom is -0.496 e. The molecule has 160 valence electrons. The van der Waals surface area contributed by atoms with Crippen molar-refractivity contribution in [1.29, 1.82) is 5.26 Å². The quantitative estimate of drug-likeness (QED) is 0.498. The van der Waals surface area contributed by atoms with E-state index in [1.807, 2.05) is 30.4 Å². The van der Waals surface area contributed by atoms with Crippen molar-refractivity contribution in [2.45, 2.75) is 18.9 Å². The number of methoxy groups -OCH3 is 1. The molecule has 2 atom stereocenters. The van der Waals surface area contributed by atoms with E-state index in [1.54, 1.807) is 41.8 Å². The number of hydrogen-bond acceptors (Lipinski definition) is 7. The van der Waals surface area contributed by atoms with Crippen molar-refractivity contribution in [2.24, 2.45) is 12.1 Å². The number of fused-ring (bicyclic) bond motifs is 3. The molecular formula is C23H21N7O2. The van der Waals surface area contributed by atoms with Gasteiger partial charge in [0.15, 0.2) is 0 Å². The lowest BCUT2D eigenvalue weighted by atomic mass is 9.92. The number of pyridine rings is 2. The smallest absolute Gasteiger partial charge is 0.333 e. The summed E-state index contributed by atoms with van der Waals surface area (Å²) in [5.41, 5.74) is 3.56. The highest BCUT2D eigenvalue weighted by Gasteiger charge is 2.29. The van der Waals surface area contributed by atoms with Crippen LogP contribution >= 0.6 is 0 Å². The standard InChI is InChI=1S/C23H21N7O2/c1-13-17(11-27-29(13)3)15-7-16-18(8-21(15)32-4)26-12-20-22(16)30(23(31)28(20)2)19-5-6-25-10-14(19)9-24/h5-8,10-13,17H,1-4H3. The third-order valence-electron chi connectivity index (χ3n) is 6.27. The topological polar surface area (TPSA) is 101 Å². The Morgan fingerprint density at radius 2 is 2.03 bits per heavy atom. The predicted octanol–water partition coefficient (Wildman–Crippen LogP) is 2.56. The third kappa shape index (κ3) is 2.69. The normalized spacial score (nSPS) is 17.9. The summed E-state index contributed by atoms with van der Waals surface area (Å²) in [4.78, 5) is 21.9. The van der Waals surface area contributed by atoms with E-state index in [9.17, 15) is 10.1 Å². The molecule has 0 aliphatic carbocycles. The van der Waals surface area contributed by atoms with E-state index in [0.717, 1.165) is 16.7 Å². The van der Waals surface area contributed by atoms with Crippen LogP contribution in [0.25, 0.3) is 27.6 Å². The Kier molecular flexibility index (Phi) is 4.44. The Morgan fingerprint density at radius 1 is 1.22 bits per heavy atom. The Balaban J connectivity index is 1.90. The van der Waals surface area contributed by atoms with Crippen LogP contribution in [-0.4, -0.2) is 50.5 Å². The van der Waals surface area contributed by atoms with Gasteiger partial charge in [0.1, 0.15) is 11.8 Å². The number of likely N-dealkylation sites (N-methyl/N-ethyl adjacent to an activating group) is 1. The molecule has 1 aliphatic rings. The average molecular weight is 427 g/mol. The van der Waals surface area contributed by atoms with Crippen LogP contribution < -0.4 is 10.4 Å². The fourth-order valence-electron chi connectivity index (χ4n) is 4.35. The van der Waals surface area contributed by atoms with E-state index >= 15 is 0 Å². The third-order valence-corrected chi connectivity index (χ3v) is 6.27. The number of aryl methyl sites for hydroxylation is 1. The molecule has 9 heteroatoms. The first-order chi connectivity index (χ1) is 15.5. The number of benzene rings is 1. The van der Waals surface area contributed by atoms with Gasteiger partial charge in [0, 0.05) is 55.6 Å². The molecule has 0 radical (unpaired) electrons. The van der Waals surface area contributed by atoms with Crippen molar-refractivity contribution in [3.63, 3.8) is 0 Å². The Bertz CT molecular complexity index is 1510. The predicted molar refractivity (Wildman–Crippen MR) is 121 cm³/mol. The first kappa shape index (κ1) is 19.8. The Labute approximate surface area is 183 Å². The van der Waals surface area contributed by atoms with Crippen molar-refractivity contribution in [2.75, 3.05) is 14.2 Å². The molecule has 4 aromatic rings. The maximum Gasteiger partial charge on any atom is 0.333 e. The molecule has 0 N–H and O–H groups in total. The monoisotopic (exact) mass is 427 g/mol. The van der Waals surface area contributed by atoms with Gasteiger partial charge in [-0.1, -0.05) is 0 Å². The molecule has 4 heterocycles. The summed E-state index contributed by atoms with van der Waals surface area (Å²) in [5.74, 6) is 0.739. The number of ether oxygens (including phenoxy) is 1. The van der Waals surface area contributed by atoms with Crippen LogP contribution in [0.15, 0.2) is 46.7 Å². The van der Waals surface area contributed by atoms with Crippen LogP contribution in [-0.2, 0) is 7.05 Å². The van der Waals surface area contributed by atoms with Crippen LogP contribution in [0, 0.1) is 11.3 Å². The van der Waals surface area contributed by atoms with E-state index in [2.05, 4.69) is 28.1 Å². The van der Waals surface area contributed by atoms with Crippen LogP contribution in [0.1, 0.15) is 24.0 Å². The molecule has 3 aromatic heterocycles. The SMILES string of the molecule is COc1cc2ncc3c(c2cc1C1C=NN(C)C1C)n(-c1ccncc1C#N)c(=O)n3C. The molecule has 9 nitrogen and oxygen atoms in total. The summed E-state index contributed by atoms with van der Waals surface area (Å²) in [7, 11) is 5.28. The van der Waals surface area contributed by atoms with Crippen LogP contribution in [0.4, 0.5) is 0 Å². The maximum atomic E-state index is 13.3. The summed E-state index contributed by atoms with van der Waals surface area (Å²) in [6, 6.07) is 7.88. The van der Waals surface area contributed by atoms with Crippen molar-refractivity contribution in [3.05, 3.63) is 58.4 Å². The number of nitrogens with zero attached hydrogens (tertiary/aromatic N) is 7. The minimum absolute atomic E-state index is 0.0223. The van der Waals surface area contributed by atoms with Gasteiger partial charge in [0.25, 0.3) is 0 Å². The summed E-state index contributed by atoms with van der Waals surface area (Å²) in [5, 5.41) is 16.8. The van der Waals surface area contributed by atoms with Crippen LogP contribution in [0.3, 0.4) is 0 Å². The van der Waals surface area contributed by atoms with Gasteiger partial charge in [-0.2, -0.15) is 10.4 Å². The van der Waals surface area contributed by atoms with E-state index in [4.69, 9.17) is 4.74 Å². The van der Waals surface area contributed by atoms with Gasteiger partial charge in [0.05, 0.1) is 47.1 Å². The van der Waals surface area contributed by atoms with Crippen molar-refractivity contribution in [1.82, 2.24) is 24.1 Å². The van der Waals surface area contributed by atoms with Gasteiger partial charge in [0.2, 0.25) is 0 Å². The van der Waals surface area contributed by atoms with Crippen LogP contribution in [0.5, 0.6) is 5.75 Å². The van der Waals surface area contributed by atoms with Gasteiger partial charge < -0.3 is 4.74 Å². The summed E-state index contributed by atoms with van der Waals surface area (Å²) in [6.07, 6.45) is 6.63. The number of hydrogen-bond donors (Lipinski definition) is 0. The molecule has 0 spiro atoms. The second-order valence-electron chi connectivity index (χ2n) is 7.89. The highest BCUT2D eigenvalue weighted by Crippen LogP contribution is 2.37. The van der Waals surface area contributed by atoms with Crippen molar-refractivity contribution in [3.8, 4) is 17.5 Å². The fraction of sp³-hybridized carbons (Fsp3) is 0.261. The lowest BCUT2D eigenvalue weighted by Crippen LogP contribution is -2.24. The zero-order valence-corrected chi connectivity index (χ0v) is 18.1. The van der Waals surface area contributed by atoms with Crippen molar-refractivity contribution < 1.29 is 4.74 Å². The molecule has 0 amide bonds. The number of rotatable bonds is 3. The van der Waals surface area contributed by atoms with Crippen molar-refractivity contribution >= 4 is 28.2 Å². The molecule has 5 rings (SSSR count). The molecule has 2 unspecified atom stereocenters. The largest absolute Gasteiger partial charge is 0.496 e. The highest BCUT2D eigenvalue weighted by molar-refractivity contribution is 6.04. The fourth-order valence-corrected chi connectivity index (χ4v) is 4.35. The van der Waals surface area contributed by atoms with E-state index in [0.29, 0.717) is 27.8 Å². The number of hydrazone groups is 1. The summed E-state index contributed by atoms with van der Waals surface area (Å²) >= 11 is 0. The Hall–Kier alpha value is -4.19. The minimum atomic E-state index is -0.259. The highest BCUT2D eigenvalue weighted by atomic mass is 16.5. The second kappa shape index (κ2) is 7.20. The molecule has 1 aliphatic heterocycles. The van der Waals surface area contributed by atoms with Gasteiger partial charge in [-0.25, -0.2) is 4.79 Å². The average Bonchev–Trinajstić information content (AvgIpc) is 3.28. The first-order valence-electron chi connectivity index (χ1n) is 10.2. The lowest BCUT2D eigenvalue weighted by molar-refractivity contribution is 0.286. The van der Waals surface area contributed by atoms with E-state index in [1.165, 1.54) is 6.20 Å². The molecule has 32 heavy (non-hydrogen) atoms. The van der Waals surface area contributed by atoms with E-state index in [-0.39, 0.29) is 17.6 Å². The number of nitriles is 1. The lowest BCUT2D eigenvalue weighted by Gasteiger charge is -2.22. The van der Waals surface area contributed by atoms with Gasteiger partial charge in [-0.05, 0) is 19.1 Å². The second-order valence-corrected chi connectivity index (χ2v) is 7.89. The number of aromatic nitrogens is 4. The van der Waals surface area contributed by atoms with Crippen LogP contribution in [0.2, 0.25) is 0 Å². The summed E-state index contributed by atoms with van der Waals surface area (Å²) < 4.78 is 8.80. The molecule has 0 saturated heterocycles. The summed E-state index contributed by atoms with van der Waals surface area (Å²) in [6.45, 7) is 2.11. The molecule has 1 aromatic carbocycles. The van der Waals surface area contributed by atoms with Gasteiger partial charge >= 0.3 is 5.69 Å². The molecule has 0 bridgehead atoms. The first-order valence-corrected chi connectivity index (χ1v) is 10.2.